The van der Waals surface area contributed by atoms with Gasteiger partial charge >= 0.3 is 0 Å². The predicted molar refractivity (Wildman–Crippen MR) is 79.0 cm³/mol. The maximum atomic E-state index is 4.68. The second-order valence-corrected chi connectivity index (χ2v) is 5.33. The van der Waals surface area contributed by atoms with E-state index in [9.17, 15) is 0 Å². The van der Waals surface area contributed by atoms with E-state index in [1.165, 1.54) is 0 Å². The summed E-state index contributed by atoms with van der Waals surface area (Å²) in [4.78, 5) is 8.89. The molecule has 1 aliphatic heterocycles. The molecule has 5 nitrogen and oxygen atoms in total. The van der Waals surface area contributed by atoms with Crippen LogP contribution >= 0.6 is 11.3 Å². The zero-order valence-electron chi connectivity index (χ0n) is 10.6. The van der Waals surface area contributed by atoms with Crippen molar-refractivity contribution in [1.29, 1.82) is 0 Å². The van der Waals surface area contributed by atoms with Crippen LogP contribution < -0.4 is 0 Å². The van der Waals surface area contributed by atoms with Gasteiger partial charge in [-0.05, 0) is 0 Å². The van der Waals surface area contributed by atoms with Gasteiger partial charge in [-0.2, -0.15) is 0 Å². The summed E-state index contributed by atoms with van der Waals surface area (Å²) >= 11 is 1.63. The molecule has 20 heavy (non-hydrogen) atoms. The topological polar surface area (TPSA) is 56.0 Å². The van der Waals surface area contributed by atoms with Crippen molar-refractivity contribution in [3.8, 4) is 22.1 Å². The fourth-order valence-electron chi connectivity index (χ4n) is 2.21. The van der Waals surface area contributed by atoms with Gasteiger partial charge in [-0.25, -0.2) is 4.98 Å². The molecule has 0 fully saturated rings. The van der Waals surface area contributed by atoms with E-state index in [-0.39, 0.29) is 0 Å². The number of rotatable bonds is 2. The molecule has 3 heterocycles. The zero-order chi connectivity index (χ0) is 13.4. The first-order valence-corrected chi connectivity index (χ1v) is 7.24. The fourth-order valence-corrected chi connectivity index (χ4v) is 3.02. The zero-order valence-corrected chi connectivity index (χ0v) is 11.4. The van der Waals surface area contributed by atoms with Gasteiger partial charge in [0.15, 0.2) is 11.6 Å². The summed E-state index contributed by atoms with van der Waals surface area (Å²) in [5.74, 6) is 1.63. The van der Waals surface area contributed by atoms with E-state index in [4.69, 9.17) is 0 Å². The van der Waals surface area contributed by atoms with Crippen molar-refractivity contribution >= 4 is 17.6 Å². The van der Waals surface area contributed by atoms with Crippen LogP contribution in [0.15, 0.2) is 40.7 Å². The lowest BCUT2D eigenvalue weighted by molar-refractivity contribution is 0.691. The molecule has 0 bridgehead atoms. The minimum absolute atomic E-state index is 0.772. The molecule has 1 aromatic carbocycles. The second kappa shape index (κ2) is 4.64. The number of hydrogen-bond acceptors (Lipinski definition) is 5. The number of fused-ring (bicyclic) bond motifs is 1. The van der Waals surface area contributed by atoms with Crippen LogP contribution in [0.4, 0.5) is 0 Å². The van der Waals surface area contributed by atoms with Crippen LogP contribution in [0.2, 0.25) is 0 Å². The third kappa shape index (κ3) is 1.85. The lowest BCUT2D eigenvalue weighted by atomic mass is 10.2. The maximum Gasteiger partial charge on any atom is 0.183 e. The molecule has 6 heteroatoms. The number of aliphatic imine (C=N–C) groups is 1. The second-order valence-electron chi connectivity index (χ2n) is 4.47. The molecular weight excluding hydrogens is 270 g/mol. The number of benzene rings is 1. The summed E-state index contributed by atoms with van der Waals surface area (Å²) in [5.41, 5.74) is 2.01. The van der Waals surface area contributed by atoms with E-state index in [0.717, 1.165) is 41.0 Å². The van der Waals surface area contributed by atoms with Gasteiger partial charge in [0.2, 0.25) is 0 Å². The van der Waals surface area contributed by atoms with Crippen LogP contribution in [0.1, 0.15) is 5.82 Å². The first-order valence-electron chi connectivity index (χ1n) is 6.36. The number of hydrogen-bond donors (Lipinski definition) is 0. The Kier molecular flexibility index (Phi) is 2.67. The van der Waals surface area contributed by atoms with Crippen molar-refractivity contribution in [2.24, 2.45) is 4.99 Å². The average Bonchev–Trinajstić information content (AvgIpc) is 3.14. The van der Waals surface area contributed by atoms with Crippen molar-refractivity contribution in [3.63, 3.8) is 0 Å². The quantitative estimate of drug-likeness (QED) is 0.725. The van der Waals surface area contributed by atoms with Crippen LogP contribution in [0, 0.1) is 0 Å². The van der Waals surface area contributed by atoms with E-state index in [1.807, 2.05) is 23.6 Å². The van der Waals surface area contributed by atoms with Gasteiger partial charge in [-0.1, -0.05) is 30.3 Å². The number of thiazole rings is 1. The molecule has 0 saturated carbocycles. The fraction of sp³-hybridized carbons (Fsp3) is 0.143. The van der Waals surface area contributed by atoms with Crippen LogP contribution in [0.3, 0.4) is 0 Å². The Balaban J connectivity index is 1.76. The molecule has 3 aromatic rings. The van der Waals surface area contributed by atoms with E-state index < -0.39 is 0 Å². The molecule has 0 unspecified atom stereocenters. The highest BCUT2D eigenvalue weighted by atomic mass is 32.1. The van der Waals surface area contributed by atoms with Crippen molar-refractivity contribution in [3.05, 3.63) is 41.5 Å². The molecule has 0 radical (unpaired) electrons. The van der Waals surface area contributed by atoms with Gasteiger partial charge in [0, 0.05) is 17.5 Å². The first kappa shape index (κ1) is 11.5. The number of nitrogens with zero attached hydrogens (tertiary/aromatic N) is 5. The summed E-state index contributed by atoms with van der Waals surface area (Å²) in [6.07, 6.45) is 1.77. The largest absolute Gasteiger partial charge is 0.303 e. The highest BCUT2D eigenvalue weighted by Crippen LogP contribution is 2.28. The van der Waals surface area contributed by atoms with Crippen molar-refractivity contribution < 1.29 is 0 Å². The molecule has 0 spiro atoms. The van der Waals surface area contributed by atoms with E-state index in [0.29, 0.717) is 0 Å². The van der Waals surface area contributed by atoms with Gasteiger partial charge in [-0.15, -0.1) is 21.5 Å². The summed E-state index contributed by atoms with van der Waals surface area (Å²) < 4.78 is 2.07. The highest BCUT2D eigenvalue weighted by Gasteiger charge is 2.17. The molecule has 1 aliphatic rings. The summed E-state index contributed by atoms with van der Waals surface area (Å²) in [6, 6.07) is 10.2. The van der Waals surface area contributed by atoms with E-state index >= 15 is 0 Å². The smallest absolute Gasteiger partial charge is 0.183 e. The number of aromatic nitrogens is 4. The first-order chi connectivity index (χ1) is 9.92. The molecule has 4 rings (SSSR count). The SMILES string of the molecule is C1=NCCn2c1nnc2-c1csc(-c2ccccc2)n1. The Hall–Kier alpha value is -2.34. The molecule has 2 aromatic heterocycles. The predicted octanol–water partition coefficient (Wildman–Crippen LogP) is 2.50. The highest BCUT2D eigenvalue weighted by molar-refractivity contribution is 7.13. The Bertz CT molecular complexity index is 772. The molecule has 0 aliphatic carbocycles. The average molecular weight is 281 g/mol. The van der Waals surface area contributed by atoms with Crippen LogP contribution in [-0.4, -0.2) is 32.5 Å². The summed E-state index contributed by atoms with van der Waals surface area (Å²) in [6.45, 7) is 1.58. The summed E-state index contributed by atoms with van der Waals surface area (Å²) in [7, 11) is 0. The van der Waals surface area contributed by atoms with Gasteiger partial charge in [0.1, 0.15) is 10.7 Å². The van der Waals surface area contributed by atoms with Crippen LogP contribution in [0.25, 0.3) is 22.1 Å². The summed E-state index contributed by atoms with van der Waals surface area (Å²) in [5, 5.41) is 11.4. The van der Waals surface area contributed by atoms with Crippen molar-refractivity contribution in [2.45, 2.75) is 6.54 Å². The molecule has 0 atom stereocenters. The van der Waals surface area contributed by atoms with Gasteiger partial charge < -0.3 is 4.57 Å². The van der Waals surface area contributed by atoms with Gasteiger partial charge in [-0.3, -0.25) is 4.99 Å². The monoisotopic (exact) mass is 281 g/mol. The lowest BCUT2D eigenvalue weighted by Gasteiger charge is -2.08. The van der Waals surface area contributed by atoms with Crippen LogP contribution in [0.5, 0.6) is 0 Å². The van der Waals surface area contributed by atoms with Crippen LogP contribution in [-0.2, 0) is 6.54 Å². The van der Waals surface area contributed by atoms with E-state index in [2.05, 4.69) is 36.9 Å². The van der Waals surface area contributed by atoms with Crippen molar-refractivity contribution in [1.82, 2.24) is 19.7 Å². The minimum atomic E-state index is 0.772. The Morgan fingerprint density at radius 3 is 2.90 bits per heavy atom. The minimum Gasteiger partial charge on any atom is -0.303 e. The standard InChI is InChI=1S/C14H11N5S/c1-2-4-10(5-3-1)14-16-11(9-20-14)13-18-17-12-8-15-6-7-19(12)13/h1-5,8-9H,6-7H2. The molecule has 0 amide bonds. The molecular formula is C14H11N5S. The van der Waals surface area contributed by atoms with Gasteiger partial charge in [0.05, 0.1) is 12.8 Å². The molecule has 0 N–H and O–H groups in total. The van der Waals surface area contributed by atoms with E-state index in [1.54, 1.807) is 17.6 Å². The van der Waals surface area contributed by atoms with Crippen molar-refractivity contribution in [2.75, 3.05) is 6.54 Å². The third-order valence-electron chi connectivity index (χ3n) is 3.19. The maximum absolute atomic E-state index is 4.68. The third-order valence-corrected chi connectivity index (χ3v) is 4.08. The Morgan fingerprint density at radius 1 is 1.10 bits per heavy atom. The Labute approximate surface area is 119 Å². The molecule has 98 valence electrons. The lowest BCUT2D eigenvalue weighted by Crippen LogP contribution is -2.12. The normalized spacial score (nSPS) is 13.4. The van der Waals surface area contributed by atoms with Gasteiger partial charge in [0.25, 0.3) is 0 Å². The molecule has 0 saturated heterocycles. The Morgan fingerprint density at radius 2 is 2.00 bits per heavy atom.